The van der Waals surface area contributed by atoms with Crippen molar-refractivity contribution in [3.63, 3.8) is 0 Å². The molecule has 1 saturated heterocycles. The minimum Gasteiger partial charge on any atom is -0.473 e. The SMILES string of the molecule is COC(=O)c1cc(C2CCN([C@@H]3CC[C@@](C(=O)N4COc5ccc(C(F)(F)F)cc5C4)(C(C)C)C3)CC2C)ccc1F. The van der Waals surface area contributed by atoms with Gasteiger partial charge in [-0.3, -0.25) is 4.79 Å². The molecule has 42 heavy (non-hydrogen) atoms. The predicted molar refractivity (Wildman–Crippen MR) is 148 cm³/mol. The quantitative estimate of drug-likeness (QED) is 0.289. The van der Waals surface area contributed by atoms with Gasteiger partial charge in [0.1, 0.15) is 11.6 Å². The van der Waals surface area contributed by atoms with Crippen LogP contribution in [0.3, 0.4) is 0 Å². The average Bonchev–Trinajstić information content (AvgIpc) is 3.43. The Morgan fingerprint density at radius 2 is 1.88 bits per heavy atom. The highest BCUT2D eigenvalue weighted by Gasteiger charge is 2.51. The summed E-state index contributed by atoms with van der Waals surface area (Å²) in [7, 11) is 1.24. The molecule has 1 saturated carbocycles. The van der Waals surface area contributed by atoms with Crippen molar-refractivity contribution in [3.8, 4) is 5.75 Å². The van der Waals surface area contributed by atoms with E-state index in [2.05, 4.69) is 11.8 Å². The summed E-state index contributed by atoms with van der Waals surface area (Å²) in [4.78, 5) is 30.1. The molecule has 2 aliphatic heterocycles. The standard InChI is InChI=1S/C32H38F4N2O4/c1-19(2)31(30(40)38-17-22-13-23(32(34,35)36)6-8-28(22)42-18-38)11-9-24(15-31)37-12-10-25(20(3)16-37)21-5-7-27(33)26(14-21)29(39)41-4/h5-8,13-14,19-20,24-25H,9-12,15-18H2,1-4H3/t20?,24-,25?,31+/m1/s1. The smallest absolute Gasteiger partial charge is 0.416 e. The molecule has 2 fully saturated rings. The second-order valence-electron chi connectivity index (χ2n) is 12.4. The molecule has 0 radical (unpaired) electrons. The molecular formula is C32H38F4N2O4. The zero-order chi connectivity index (χ0) is 30.4. The van der Waals surface area contributed by atoms with E-state index in [1.54, 1.807) is 17.0 Å². The molecule has 0 bridgehead atoms. The lowest BCUT2D eigenvalue weighted by Gasteiger charge is -2.42. The van der Waals surface area contributed by atoms with Gasteiger partial charge in [-0.25, -0.2) is 9.18 Å². The number of amides is 1. The van der Waals surface area contributed by atoms with Crippen molar-refractivity contribution in [1.29, 1.82) is 0 Å². The first-order valence-electron chi connectivity index (χ1n) is 14.6. The first-order chi connectivity index (χ1) is 19.8. The van der Waals surface area contributed by atoms with Gasteiger partial charge in [-0.05, 0) is 85.9 Å². The van der Waals surface area contributed by atoms with Crippen molar-refractivity contribution in [3.05, 3.63) is 64.5 Å². The van der Waals surface area contributed by atoms with Gasteiger partial charge in [0.05, 0.1) is 30.2 Å². The number of esters is 1. The van der Waals surface area contributed by atoms with Crippen molar-refractivity contribution in [1.82, 2.24) is 9.80 Å². The molecule has 0 spiro atoms. The third kappa shape index (κ3) is 5.62. The van der Waals surface area contributed by atoms with E-state index in [1.807, 2.05) is 13.8 Å². The summed E-state index contributed by atoms with van der Waals surface area (Å²) in [6.07, 6.45) is -1.40. The van der Waals surface area contributed by atoms with Gasteiger partial charge in [-0.1, -0.05) is 26.8 Å². The first-order valence-corrected chi connectivity index (χ1v) is 14.6. The van der Waals surface area contributed by atoms with Crippen LogP contribution in [-0.2, 0) is 22.3 Å². The third-order valence-electron chi connectivity index (χ3n) is 9.74. The monoisotopic (exact) mass is 590 g/mol. The van der Waals surface area contributed by atoms with Crippen molar-refractivity contribution in [2.75, 3.05) is 26.9 Å². The minimum atomic E-state index is -4.47. The first kappa shape index (κ1) is 30.3. The number of benzene rings is 2. The lowest BCUT2D eigenvalue weighted by molar-refractivity contribution is -0.150. The van der Waals surface area contributed by atoms with Crippen molar-refractivity contribution in [2.45, 2.75) is 71.1 Å². The number of hydrogen-bond donors (Lipinski definition) is 0. The summed E-state index contributed by atoms with van der Waals surface area (Å²) in [5.41, 5.74) is -0.149. The van der Waals surface area contributed by atoms with Gasteiger partial charge < -0.3 is 19.3 Å². The van der Waals surface area contributed by atoms with Crippen LogP contribution in [0, 0.1) is 23.1 Å². The molecule has 2 heterocycles. The van der Waals surface area contributed by atoms with Crippen LogP contribution in [0.5, 0.6) is 5.75 Å². The van der Waals surface area contributed by atoms with E-state index in [4.69, 9.17) is 9.47 Å². The summed E-state index contributed by atoms with van der Waals surface area (Å²) < 4.78 is 64.6. The Kier molecular flexibility index (Phi) is 8.31. The molecule has 228 valence electrons. The van der Waals surface area contributed by atoms with E-state index in [-0.39, 0.29) is 48.5 Å². The number of alkyl halides is 3. The molecule has 4 atom stereocenters. The van der Waals surface area contributed by atoms with Crippen molar-refractivity contribution >= 4 is 11.9 Å². The van der Waals surface area contributed by atoms with Crippen LogP contribution in [0.2, 0.25) is 0 Å². The predicted octanol–water partition coefficient (Wildman–Crippen LogP) is 6.63. The lowest BCUT2D eigenvalue weighted by atomic mass is 9.74. The molecule has 5 rings (SSSR count). The summed E-state index contributed by atoms with van der Waals surface area (Å²) in [6.45, 7) is 7.98. The number of carbonyl (C=O) groups excluding carboxylic acids is 2. The third-order valence-corrected chi connectivity index (χ3v) is 9.74. The maximum atomic E-state index is 14.2. The van der Waals surface area contributed by atoms with Crippen LogP contribution in [-0.4, -0.2) is 54.6 Å². The number of nitrogens with zero attached hydrogens (tertiary/aromatic N) is 2. The molecule has 1 amide bonds. The number of rotatable bonds is 5. The zero-order valence-electron chi connectivity index (χ0n) is 24.5. The Balaban J connectivity index is 1.27. The normalized spacial score (nSPS) is 26.6. The van der Waals surface area contributed by atoms with Crippen molar-refractivity contribution < 1.29 is 36.6 Å². The topological polar surface area (TPSA) is 59.1 Å². The highest BCUT2D eigenvalue weighted by Crippen LogP contribution is 2.49. The van der Waals surface area contributed by atoms with Gasteiger partial charge in [0.25, 0.3) is 0 Å². The summed E-state index contributed by atoms with van der Waals surface area (Å²) >= 11 is 0. The van der Waals surface area contributed by atoms with E-state index in [0.717, 1.165) is 43.6 Å². The molecule has 10 heteroatoms. The summed E-state index contributed by atoms with van der Waals surface area (Å²) in [5, 5.41) is 0. The van der Waals surface area contributed by atoms with Crippen LogP contribution < -0.4 is 4.74 Å². The van der Waals surface area contributed by atoms with Crippen LogP contribution in [0.1, 0.15) is 79.4 Å². The number of halogens is 4. The second-order valence-corrected chi connectivity index (χ2v) is 12.4. The number of carbonyl (C=O) groups is 2. The second kappa shape index (κ2) is 11.5. The lowest BCUT2D eigenvalue weighted by Crippen LogP contribution is -2.49. The van der Waals surface area contributed by atoms with Crippen LogP contribution >= 0.6 is 0 Å². The van der Waals surface area contributed by atoms with Gasteiger partial charge in [0.15, 0.2) is 6.73 Å². The van der Waals surface area contributed by atoms with Gasteiger partial charge in [0.2, 0.25) is 5.91 Å². The van der Waals surface area contributed by atoms with E-state index < -0.39 is 28.9 Å². The largest absolute Gasteiger partial charge is 0.473 e. The number of methoxy groups -OCH3 is 1. The number of ether oxygens (including phenoxy) is 2. The fraction of sp³-hybridized carbons (Fsp3) is 0.562. The summed E-state index contributed by atoms with van der Waals surface area (Å²) in [5.74, 6) is -0.518. The van der Waals surface area contributed by atoms with E-state index in [9.17, 15) is 27.2 Å². The molecule has 6 nitrogen and oxygen atoms in total. The van der Waals surface area contributed by atoms with Gasteiger partial charge in [-0.2, -0.15) is 13.2 Å². The van der Waals surface area contributed by atoms with E-state index in [0.29, 0.717) is 24.2 Å². The van der Waals surface area contributed by atoms with Gasteiger partial charge in [-0.15, -0.1) is 0 Å². The fourth-order valence-corrected chi connectivity index (χ4v) is 7.23. The molecule has 2 unspecified atom stereocenters. The number of fused-ring (bicyclic) bond motifs is 1. The highest BCUT2D eigenvalue weighted by atomic mass is 19.4. The maximum Gasteiger partial charge on any atom is 0.416 e. The molecule has 0 N–H and O–H groups in total. The highest BCUT2D eigenvalue weighted by molar-refractivity contribution is 5.89. The molecule has 3 aliphatic rings. The Bertz CT molecular complexity index is 1350. The fourth-order valence-electron chi connectivity index (χ4n) is 7.23. The number of likely N-dealkylation sites (tertiary alicyclic amines) is 1. The Morgan fingerprint density at radius 3 is 2.55 bits per heavy atom. The molecule has 0 aromatic heterocycles. The average molecular weight is 591 g/mol. The molecule has 1 aliphatic carbocycles. The molecule has 2 aromatic rings. The Labute approximate surface area is 244 Å². The van der Waals surface area contributed by atoms with Gasteiger partial charge >= 0.3 is 12.1 Å². The van der Waals surface area contributed by atoms with Crippen molar-refractivity contribution in [2.24, 2.45) is 17.3 Å². The Morgan fingerprint density at radius 1 is 1.12 bits per heavy atom. The molecule has 2 aromatic carbocycles. The zero-order valence-corrected chi connectivity index (χ0v) is 24.5. The summed E-state index contributed by atoms with van der Waals surface area (Å²) in [6, 6.07) is 8.29. The Hall–Kier alpha value is -3.14. The van der Waals surface area contributed by atoms with Gasteiger partial charge in [0, 0.05) is 18.2 Å². The van der Waals surface area contributed by atoms with E-state index >= 15 is 0 Å². The molecular weight excluding hydrogens is 552 g/mol. The number of piperidine rings is 1. The van der Waals surface area contributed by atoms with E-state index in [1.165, 1.54) is 19.2 Å². The number of hydrogen-bond acceptors (Lipinski definition) is 5. The maximum absolute atomic E-state index is 14.2. The van der Waals surface area contributed by atoms with Crippen LogP contribution in [0.4, 0.5) is 17.6 Å². The minimum absolute atomic E-state index is 0.0179. The van der Waals surface area contributed by atoms with Crippen LogP contribution in [0.15, 0.2) is 36.4 Å². The van der Waals surface area contributed by atoms with Crippen LogP contribution in [0.25, 0.3) is 0 Å².